The lowest BCUT2D eigenvalue weighted by atomic mass is 10.1. The third-order valence-corrected chi connectivity index (χ3v) is 3.62. The van der Waals surface area contributed by atoms with Gasteiger partial charge in [0.15, 0.2) is 0 Å². The van der Waals surface area contributed by atoms with Crippen molar-refractivity contribution in [1.29, 1.82) is 0 Å². The van der Waals surface area contributed by atoms with Gasteiger partial charge in [0.05, 0.1) is 5.69 Å². The summed E-state index contributed by atoms with van der Waals surface area (Å²) in [5.41, 5.74) is 3.97. The second kappa shape index (κ2) is 6.18. The Hall–Kier alpha value is -1.68. The van der Waals surface area contributed by atoms with Gasteiger partial charge in [-0.25, -0.2) is 4.39 Å². The summed E-state index contributed by atoms with van der Waals surface area (Å²) in [6, 6.07) is 5.51. The third kappa shape index (κ3) is 3.25. The summed E-state index contributed by atoms with van der Waals surface area (Å²) in [5, 5.41) is 7.85. The van der Waals surface area contributed by atoms with Gasteiger partial charge < -0.3 is 5.32 Å². The first-order chi connectivity index (χ1) is 9.51. The van der Waals surface area contributed by atoms with Gasteiger partial charge in [0.25, 0.3) is 0 Å². The van der Waals surface area contributed by atoms with Gasteiger partial charge in [-0.05, 0) is 37.5 Å². The van der Waals surface area contributed by atoms with E-state index in [4.69, 9.17) is 0 Å². The van der Waals surface area contributed by atoms with E-state index in [1.807, 2.05) is 37.0 Å². The lowest BCUT2D eigenvalue weighted by Gasteiger charge is -2.14. The van der Waals surface area contributed by atoms with Crippen molar-refractivity contribution >= 4 is 0 Å². The number of aromatic nitrogens is 2. The van der Waals surface area contributed by atoms with Crippen LogP contribution in [0.4, 0.5) is 4.39 Å². The number of rotatable bonds is 5. The molecule has 0 radical (unpaired) electrons. The third-order valence-electron chi connectivity index (χ3n) is 3.62. The first kappa shape index (κ1) is 14.7. The molecule has 0 aliphatic rings. The van der Waals surface area contributed by atoms with E-state index in [1.165, 1.54) is 5.56 Å². The van der Waals surface area contributed by atoms with Crippen molar-refractivity contribution in [2.24, 2.45) is 7.05 Å². The zero-order valence-electron chi connectivity index (χ0n) is 12.6. The largest absolute Gasteiger partial charge is 0.306 e. The van der Waals surface area contributed by atoms with Crippen molar-refractivity contribution in [2.45, 2.75) is 39.8 Å². The molecule has 4 heteroatoms. The fraction of sp³-hybridized carbons (Fsp3) is 0.438. The summed E-state index contributed by atoms with van der Waals surface area (Å²) in [7, 11) is 1.93. The van der Waals surface area contributed by atoms with E-state index >= 15 is 0 Å². The SMILES string of the molecule is CCc1nn(C)cc1CNC(C)c1ccc(C)c(F)c1. The highest BCUT2D eigenvalue weighted by molar-refractivity contribution is 5.26. The Morgan fingerprint density at radius 3 is 2.80 bits per heavy atom. The average molecular weight is 275 g/mol. The highest BCUT2D eigenvalue weighted by Crippen LogP contribution is 2.17. The highest BCUT2D eigenvalue weighted by atomic mass is 19.1. The summed E-state index contributed by atoms with van der Waals surface area (Å²) in [5.74, 6) is -0.147. The van der Waals surface area contributed by atoms with Crippen LogP contribution in [-0.4, -0.2) is 9.78 Å². The van der Waals surface area contributed by atoms with Crippen LogP contribution in [0.3, 0.4) is 0 Å². The summed E-state index contributed by atoms with van der Waals surface area (Å²) in [6.45, 7) is 6.67. The number of halogens is 1. The van der Waals surface area contributed by atoms with E-state index in [0.717, 1.165) is 24.2 Å². The van der Waals surface area contributed by atoms with Crippen LogP contribution >= 0.6 is 0 Å². The van der Waals surface area contributed by atoms with Crippen LogP contribution < -0.4 is 5.32 Å². The van der Waals surface area contributed by atoms with Gasteiger partial charge >= 0.3 is 0 Å². The average Bonchev–Trinajstić information content (AvgIpc) is 2.79. The molecule has 0 saturated heterocycles. The minimum absolute atomic E-state index is 0.106. The normalized spacial score (nSPS) is 12.7. The number of nitrogens with one attached hydrogen (secondary N) is 1. The van der Waals surface area contributed by atoms with E-state index in [-0.39, 0.29) is 11.9 Å². The minimum Gasteiger partial charge on any atom is -0.306 e. The fourth-order valence-electron chi connectivity index (χ4n) is 2.29. The number of nitrogens with zero attached hydrogens (tertiary/aromatic N) is 2. The Bertz CT molecular complexity index is 589. The van der Waals surface area contributed by atoms with E-state index in [2.05, 4.69) is 17.3 Å². The summed E-state index contributed by atoms with van der Waals surface area (Å²) >= 11 is 0. The highest BCUT2D eigenvalue weighted by Gasteiger charge is 2.10. The predicted octanol–water partition coefficient (Wildman–Crippen LogP) is 3.28. The van der Waals surface area contributed by atoms with Crippen LogP contribution in [0, 0.1) is 12.7 Å². The molecule has 0 bridgehead atoms. The summed E-state index contributed by atoms with van der Waals surface area (Å²) < 4.78 is 15.4. The number of hydrogen-bond acceptors (Lipinski definition) is 2. The topological polar surface area (TPSA) is 29.9 Å². The van der Waals surface area contributed by atoms with E-state index < -0.39 is 0 Å². The molecule has 1 N–H and O–H groups in total. The molecule has 0 aliphatic heterocycles. The standard InChI is InChI=1S/C16H22FN3/c1-5-16-14(10-20(4)19-16)9-18-12(3)13-7-6-11(2)15(17)8-13/h6-8,10,12,18H,5,9H2,1-4H3. The molecule has 0 saturated carbocycles. The van der Waals surface area contributed by atoms with E-state index in [9.17, 15) is 4.39 Å². The van der Waals surface area contributed by atoms with Crippen molar-refractivity contribution < 1.29 is 4.39 Å². The molecule has 1 atom stereocenters. The van der Waals surface area contributed by atoms with Crippen molar-refractivity contribution in [3.05, 3.63) is 52.6 Å². The quantitative estimate of drug-likeness (QED) is 0.907. The molecule has 1 unspecified atom stereocenters. The first-order valence-electron chi connectivity index (χ1n) is 7.02. The van der Waals surface area contributed by atoms with Gasteiger partial charge in [0, 0.05) is 31.4 Å². The Morgan fingerprint density at radius 1 is 1.40 bits per heavy atom. The van der Waals surface area contributed by atoms with Crippen LogP contribution in [0.15, 0.2) is 24.4 Å². The van der Waals surface area contributed by atoms with Crippen molar-refractivity contribution in [2.75, 3.05) is 0 Å². The summed E-state index contributed by atoms with van der Waals surface area (Å²) in [4.78, 5) is 0. The number of aryl methyl sites for hydroxylation is 3. The molecule has 0 aliphatic carbocycles. The maximum atomic E-state index is 13.6. The molecule has 0 amide bonds. The van der Waals surface area contributed by atoms with Gasteiger partial charge in [0.2, 0.25) is 0 Å². The monoisotopic (exact) mass is 275 g/mol. The van der Waals surface area contributed by atoms with Crippen molar-refractivity contribution in [3.8, 4) is 0 Å². The fourth-order valence-corrected chi connectivity index (χ4v) is 2.29. The molecule has 0 spiro atoms. The second-order valence-electron chi connectivity index (χ2n) is 5.24. The maximum absolute atomic E-state index is 13.6. The zero-order valence-corrected chi connectivity index (χ0v) is 12.6. The molecule has 1 heterocycles. The Labute approximate surface area is 119 Å². The van der Waals surface area contributed by atoms with Gasteiger partial charge in [0.1, 0.15) is 5.82 Å². The molecular formula is C16H22FN3. The summed E-state index contributed by atoms with van der Waals surface area (Å²) in [6.07, 6.45) is 2.96. The number of benzene rings is 1. The second-order valence-corrected chi connectivity index (χ2v) is 5.24. The molecule has 20 heavy (non-hydrogen) atoms. The van der Waals surface area contributed by atoms with Gasteiger partial charge in [-0.1, -0.05) is 19.1 Å². The first-order valence-corrected chi connectivity index (χ1v) is 7.02. The van der Waals surface area contributed by atoms with Crippen LogP contribution in [0.5, 0.6) is 0 Å². The minimum atomic E-state index is -0.147. The predicted molar refractivity (Wildman–Crippen MR) is 79.0 cm³/mol. The van der Waals surface area contributed by atoms with Crippen LogP contribution in [0.2, 0.25) is 0 Å². The molecule has 0 fully saturated rings. The van der Waals surface area contributed by atoms with Gasteiger partial charge in [-0.3, -0.25) is 4.68 Å². The van der Waals surface area contributed by atoms with Crippen LogP contribution in [-0.2, 0) is 20.0 Å². The van der Waals surface area contributed by atoms with Crippen LogP contribution in [0.25, 0.3) is 0 Å². The number of hydrogen-bond donors (Lipinski definition) is 1. The maximum Gasteiger partial charge on any atom is 0.126 e. The van der Waals surface area contributed by atoms with Crippen molar-refractivity contribution in [1.82, 2.24) is 15.1 Å². The molecular weight excluding hydrogens is 253 g/mol. The Balaban J connectivity index is 2.04. The zero-order chi connectivity index (χ0) is 14.7. The molecule has 2 aromatic rings. The van der Waals surface area contributed by atoms with Gasteiger partial charge in [-0.2, -0.15) is 5.10 Å². The Morgan fingerprint density at radius 2 is 2.15 bits per heavy atom. The molecule has 3 nitrogen and oxygen atoms in total. The molecule has 1 aromatic carbocycles. The Kier molecular flexibility index (Phi) is 4.55. The van der Waals surface area contributed by atoms with Gasteiger partial charge in [-0.15, -0.1) is 0 Å². The van der Waals surface area contributed by atoms with Crippen molar-refractivity contribution in [3.63, 3.8) is 0 Å². The van der Waals surface area contributed by atoms with E-state index in [1.54, 1.807) is 13.0 Å². The molecule has 2 rings (SSSR count). The smallest absolute Gasteiger partial charge is 0.126 e. The lowest BCUT2D eigenvalue weighted by molar-refractivity contribution is 0.561. The molecule has 1 aromatic heterocycles. The molecule has 108 valence electrons. The van der Waals surface area contributed by atoms with Crippen LogP contribution in [0.1, 0.15) is 42.3 Å². The lowest BCUT2D eigenvalue weighted by Crippen LogP contribution is -2.18. The van der Waals surface area contributed by atoms with E-state index in [0.29, 0.717) is 5.56 Å².